The van der Waals surface area contributed by atoms with Crippen LogP contribution in [-0.2, 0) is 16.1 Å². The number of hydrogen-bond donors (Lipinski definition) is 1. The van der Waals surface area contributed by atoms with E-state index >= 15 is 0 Å². The summed E-state index contributed by atoms with van der Waals surface area (Å²) >= 11 is 0. The van der Waals surface area contributed by atoms with E-state index in [1.807, 2.05) is 36.4 Å². The standard InChI is InChI=1S/C21H27N5O2/c1-17(27)26(16-21(28)23-15-18-4-3-9-22-14-18)20-7-5-19(6-8-20)25-12-10-24(2)11-13-25/h3-9,14H,10-13,15-16H2,1-2H3,(H,23,28). The van der Waals surface area contributed by atoms with Gasteiger partial charge < -0.3 is 20.0 Å². The van der Waals surface area contributed by atoms with Gasteiger partial charge in [-0.2, -0.15) is 0 Å². The molecule has 0 bridgehead atoms. The van der Waals surface area contributed by atoms with Crippen molar-refractivity contribution in [2.45, 2.75) is 13.5 Å². The Morgan fingerprint density at radius 1 is 1.11 bits per heavy atom. The molecule has 7 heteroatoms. The number of carbonyl (C=O) groups excluding carboxylic acids is 2. The lowest BCUT2D eigenvalue weighted by Crippen LogP contribution is -2.44. The van der Waals surface area contributed by atoms with Crippen LogP contribution in [0.25, 0.3) is 0 Å². The number of likely N-dealkylation sites (N-methyl/N-ethyl adjacent to an activating group) is 1. The van der Waals surface area contributed by atoms with Crippen LogP contribution in [0.2, 0.25) is 0 Å². The van der Waals surface area contributed by atoms with Crippen molar-refractivity contribution in [2.24, 2.45) is 0 Å². The van der Waals surface area contributed by atoms with Gasteiger partial charge in [-0.05, 0) is 42.9 Å². The number of amides is 2. The molecule has 1 N–H and O–H groups in total. The number of benzene rings is 1. The number of anilines is 2. The maximum atomic E-state index is 12.3. The molecular weight excluding hydrogens is 354 g/mol. The molecule has 0 unspecified atom stereocenters. The van der Waals surface area contributed by atoms with Crippen LogP contribution in [0.15, 0.2) is 48.8 Å². The molecule has 148 valence electrons. The van der Waals surface area contributed by atoms with E-state index < -0.39 is 0 Å². The number of aromatic nitrogens is 1. The van der Waals surface area contributed by atoms with Crippen LogP contribution in [0, 0.1) is 0 Å². The lowest BCUT2D eigenvalue weighted by molar-refractivity contribution is -0.123. The fourth-order valence-corrected chi connectivity index (χ4v) is 3.20. The van der Waals surface area contributed by atoms with Gasteiger partial charge in [-0.15, -0.1) is 0 Å². The van der Waals surface area contributed by atoms with Gasteiger partial charge in [0, 0.05) is 63.4 Å². The van der Waals surface area contributed by atoms with Crippen LogP contribution >= 0.6 is 0 Å². The first-order valence-corrected chi connectivity index (χ1v) is 9.50. The fraction of sp³-hybridized carbons (Fsp3) is 0.381. The Bertz CT molecular complexity index is 786. The number of rotatable bonds is 6. The van der Waals surface area contributed by atoms with Crippen molar-refractivity contribution >= 4 is 23.2 Å². The number of nitrogens with one attached hydrogen (secondary N) is 1. The van der Waals surface area contributed by atoms with Crippen molar-refractivity contribution in [2.75, 3.05) is 49.6 Å². The molecule has 0 atom stereocenters. The van der Waals surface area contributed by atoms with Crippen LogP contribution in [0.5, 0.6) is 0 Å². The summed E-state index contributed by atoms with van der Waals surface area (Å²) in [5.74, 6) is -0.369. The molecule has 1 saturated heterocycles. The van der Waals surface area contributed by atoms with Crippen molar-refractivity contribution in [1.29, 1.82) is 0 Å². The fourth-order valence-electron chi connectivity index (χ4n) is 3.20. The molecule has 3 rings (SSSR count). The molecule has 0 radical (unpaired) electrons. The van der Waals surface area contributed by atoms with E-state index in [-0.39, 0.29) is 18.4 Å². The molecule has 1 fully saturated rings. The average molecular weight is 381 g/mol. The number of carbonyl (C=O) groups is 2. The van der Waals surface area contributed by atoms with Crippen molar-refractivity contribution < 1.29 is 9.59 Å². The van der Waals surface area contributed by atoms with Crippen LogP contribution in [0.1, 0.15) is 12.5 Å². The Morgan fingerprint density at radius 2 is 1.82 bits per heavy atom. The van der Waals surface area contributed by atoms with Crippen LogP contribution < -0.4 is 15.1 Å². The third-order valence-electron chi connectivity index (χ3n) is 4.92. The van der Waals surface area contributed by atoms with Gasteiger partial charge in [-0.3, -0.25) is 14.6 Å². The van der Waals surface area contributed by atoms with Gasteiger partial charge in [0.25, 0.3) is 0 Å². The maximum Gasteiger partial charge on any atom is 0.240 e. The summed E-state index contributed by atoms with van der Waals surface area (Å²) < 4.78 is 0. The second kappa shape index (κ2) is 9.32. The van der Waals surface area contributed by atoms with Crippen molar-refractivity contribution in [3.05, 3.63) is 54.4 Å². The second-order valence-corrected chi connectivity index (χ2v) is 7.05. The summed E-state index contributed by atoms with van der Waals surface area (Å²) in [5.41, 5.74) is 2.78. The van der Waals surface area contributed by atoms with Crippen LogP contribution in [0.3, 0.4) is 0 Å². The zero-order valence-electron chi connectivity index (χ0n) is 16.5. The van der Waals surface area contributed by atoms with Crippen molar-refractivity contribution in [1.82, 2.24) is 15.2 Å². The predicted molar refractivity (Wildman–Crippen MR) is 110 cm³/mol. The minimum absolute atomic E-state index is 0.0105. The number of piperazine rings is 1. The molecule has 7 nitrogen and oxygen atoms in total. The molecule has 1 aromatic heterocycles. The third kappa shape index (κ3) is 5.29. The van der Waals surface area contributed by atoms with Gasteiger partial charge in [-0.1, -0.05) is 6.07 Å². The van der Waals surface area contributed by atoms with Gasteiger partial charge in [0.15, 0.2) is 0 Å². The molecule has 0 aliphatic carbocycles. The minimum atomic E-state index is -0.206. The first-order chi connectivity index (χ1) is 13.5. The lowest BCUT2D eigenvalue weighted by atomic mass is 10.2. The third-order valence-corrected chi connectivity index (χ3v) is 4.92. The van der Waals surface area contributed by atoms with E-state index in [0.717, 1.165) is 43.1 Å². The van der Waals surface area contributed by atoms with E-state index in [9.17, 15) is 9.59 Å². The zero-order valence-corrected chi connectivity index (χ0v) is 16.5. The van der Waals surface area contributed by atoms with E-state index in [4.69, 9.17) is 0 Å². The van der Waals surface area contributed by atoms with Crippen LogP contribution in [-0.4, -0.2) is 61.5 Å². The molecule has 28 heavy (non-hydrogen) atoms. The molecule has 1 aliphatic rings. The first-order valence-electron chi connectivity index (χ1n) is 9.50. The molecule has 0 spiro atoms. The van der Waals surface area contributed by atoms with Gasteiger partial charge in [-0.25, -0.2) is 0 Å². The Hall–Kier alpha value is -2.93. The topological polar surface area (TPSA) is 68.8 Å². The lowest BCUT2D eigenvalue weighted by Gasteiger charge is -2.34. The number of hydrogen-bond acceptors (Lipinski definition) is 5. The monoisotopic (exact) mass is 381 g/mol. The molecule has 2 aromatic rings. The molecule has 2 amide bonds. The largest absolute Gasteiger partial charge is 0.369 e. The Morgan fingerprint density at radius 3 is 2.43 bits per heavy atom. The SMILES string of the molecule is CC(=O)N(CC(=O)NCc1cccnc1)c1ccc(N2CCN(C)CC2)cc1. The number of pyridine rings is 1. The number of nitrogens with zero attached hydrogens (tertiary/aromatic N) is 4. The first kappa shape index (κ1) is 19.8. The second-order valence-electron chi connectivity index (χ2n) is 7.05. The van der Waals surface area contributed by atoms with E-state index in [0.29, 0.717) is 6.54 Å². The Labute approximate surface area is 166 Å². The highest BCUT2D eigenvalue weighted by Gasteiger charge is 2.18. The van der Waals surface area contributed by atoms with Gasteiger partial charge in [0.2, 0.25) is 11.8 Å². The van der Waals surface area contributed by atoms with Gasteiger partial charge >= 0.3 is 0 Å². The summed E-state index contributed by atoms with van der Waals surface area (Å²) in [4.78, 5) is 34.6. The summed E-state index contributed by atoms with van der Waals surface area (Å²) in [6.45, 7) is 5.91. The molecule has 2 heterocycles. The van der Waals surface area contributed by atoms with E-state index in [1.165, 1.54) is 11.8 Å². The Kier molecular flexibility index (Phi) is 6.60. The van der Waals surface area contributed by atoms with Gasteiger partial charge in [0.05, 0.1) is 0 Å². The van der Waals surface area contributed by atoms with Gasteiger partial charge in [0.1, 0.15) is 6.54 Å². The highest BCUT2D eigenvalue weighted by molar-refractivity contribution is 5.97. The minimum Gasteiger partial charge on any atom is -0.369 e. The van der Waals surface area contributed by atoms with Crippen LogP contribution in [0.4, 0.5) is 11.4 Å². The highest BCUT2D eigenvalue weighted by Crippen LogP contribution is 2.22. The maximum absolute atomic E-state index is 12.3. The molecular formula is C21H27N5O2. The molecule has 1 aliphatic heterocycles. The van der Waals surface area contributed by atoms with Crippen molar-refractivity contribution in [3.8, 4) is 0 Å². The summed E-state index contributed by atoms with van der Waals surface area (Å²) in [7, 11) is 2.13. The van der Waals surface area contributed by atoms with Crippen molar-refractivity contribution in [3.63, 3.8) is 0 Å². The Balaban J connectivity index is 1.60. The summed E-state index contributed by atoms with van der Waals surface area (Å²) in [5, 5.41) is 2.84. The summed E-state index contributed by atoms with van der Waals surface area (Å²) in [6.07, 6.45) is 3.40. The van der Waals surface area contributed by atoms with E-state index in [1.54, 1.807) is 12.4 Å². The average Bonchev–Trinajstić information content (AvgIpc) is 2.72. The summed E-state index contributed by atoms with van der Waals surface area (Å²) in [6, 6.07) is 11.6. The molecule has 0 saturated carbocycles. The predicted octanol–water partition coefficient (Wildman–Crippen LogP) is 1.50. The quantitative estimate of drug-likeness (QED) is 0.821. The highest BCUT2D eigenvalue weighted by atomic mass is 16.2. The molecule has 1 aromatic carbocycles. The smallest absolute Gasteiger partial charge is 0.240 e. The van der Waals surface area contributed by atoms with E-state index in [2.05, 4.69) is 27.1 Å². The zero-order chi connectivity index (χ0) is 19.9. The normalized spacial score (nSPS) is 14.6.